The number of carboxylic acid groups (broad SMARTS) is 1. The van der Waals surface area contributed by atoms with Crippen LogP contribution in [0.3, 0.4) is 0 Å². The first-order valence-corrected chi connectivity index (χ1v) is 8.56. The minimum absolute atomic E-state index is 0.0184. The Bertz CT molecular complexity index is 657. The van der Waals surface area contributed by atoms with Crippen LogP contribution in [0, 0.1) is 0 Å². The van der Waals surface area contributed by atoms with Gasteiger partial charge in [0.2, 0.25) is 10.0 Å². The van der Waals surface area contributed by atoms with Crippen molar-refractivity contribution in [3.05, 3.63) is 35.4 Å². The highest BCUT2D eigenvalue weighted by molar-refractivity contribution is 7.88. The van der Waals surface area contributed by atoms with Crippen molar-refractivity contribution in [1.82, 2.24) is 4.72 Å². The van der Waals surface area contributed by atoms with Crippen molar-refractivity contribution < 1.29 is 23.1 Å². The SMILES string of the molecule is O=C(O)c1cccc(CS(=O)(=O)NC2CC3CCC2O3)c1. The van der Waals surface area contributed by atoms with Gasteiger partial charge in [0.25, 0.3) is 0 Å². The van der Waals surface area contributed by atoms with Crippen LogP contribution < -0.4 is 4.72 Å². The number of hydrogen-bond donors (Lipinski definition) is 2. The summed E-state index contributed by atoms with van der Waals surface area (Å²) in [5.41, 5.74) is 0.553. The lowest BCUT2D eigenvalue weighted by Gasteiger charge is -2.20. The van der Waals surface area contributed by atoms with Gasteiger partial charge in [0.15, 0.2) is 0 Å². The first-order chi connectivity index (χ1) is 9.93. The molecule has 1 aromatic rings. The predicted octanol–water partition coefficient (Wildman–Crippen LogP) is 1.12. The van der Waals surface area contributed by atoms with Crippen molar-refractivity contribution >= 4 is 16.0 Å². The van der Waals surface area contributed by atoms with Crippen molar-refractivity contribution in [1.29, 1.82) is 0 Å². The number of carbonyl (C=O) groups is 1. The number of benzene rings is 1. The largest absolute Gasteiger partial charge is 0.478 e. The standard InChI is InChI=1S/C14H17NO5S/c16-14(17)10-3-1-2-9(6-10)8-21(18,19)15-12-7-11-4-5-13(12)20-11/h1-3,6,11-13,15H,4-5,7-8H2,(H,16,17). The zero-order valence-electron chi connectivity index (χ0n) is 11.4. The zero-order valence-corrected chi connectivity index (χ0v) is 12.2. The molecule has 3 rings (SSSR count). The van der Waals surface area contributed by atoms with Crippen LogP contribution in [-0.2, 0) is 20.5 Å². The molecule has 0 spiro atoms. The number of carboxylic acids is 1. The van der Waals surface area contributed by atoms with Crippen LogP contribution in [0.1, 0.15) is 35.2 Å². The Morgan fingerprint density at radius 1 is 1.38 bits per heavy atom. The predicted molar refractivity (Wildman–Crippen MR) is 75.5 cm³/mol. The molecule has 0 amide bonds. The van der Waals surface area contributed by atoms with Crippen LogP contribution in [-0.4, -0.2) is 37.7 Å². The van der Waals surface area contributed by atoms with Gasteiger partial charge in [-0.05, 0) is 37.0 Å². The number of fused-ring (bicyclic) bond motifs is 2. The molecule has 2 fully saturated rings. The summed E-state index contributed by atoms with van der Waals surface area (Å²) in [6.07, 6.45) is 2.78. The zero-order chi connectivity index (χ0) is 15.0. The van der Waals surface area contributed by atoms with E-state index in [-0.39, 0.29) is 29.6 Å². The first-order valence-electron chi connectivity index (χ1n) is 6.91. The van der Waals surface area contributed by atoms with Crippen LogP contribution in [0.25, 0.3) is 0 Å². The second kappa shape index (κ2) is 5.40. The molecule has 0 saturated carbocycles. The first kappa shape index (κ1) is 14.5. The van der Waals surface area contributed by atoms with Crippen LogP contribution in [0.15, 0.2) is 24.3 Å². The van der Waals surface area contributed by atoms with E-state index in [9.17, 15) is 13.2 Å². The van der Waals surface area contributed by atoms with Crippen LogP contribution in [0.2, 0.25) is 0 Å². The van der Waals surface area contributed by atoms with E-state index < -0.39 is 16.0 Å². The molecule has 2 N–H and O–H groups in total. The average Bonchev–Trinajstić information content (AvgIpc) is 3.00. The van der Waals surface area contributed by atoms with E-state index in [4.69, 9.17) is 9.84 Å². The van der Waals surface area contributed by atoms with Crippen LogP contribution in [0.5, 0.6) is 0 Å². The van der Waals surface area contributed by atoms with E-state index in [2.05, 4.69) is 4.72 Å². The second-order valence-electron chi connectivity index (χ2n) is 5.60. The van der Waals surface area contributed by atoms with Crippen molar-refractivity contribution in [3.8, 4) is 0 Å². The molecular weight excluding hydrogens is 294 g/mol. The van der Waals surface area contributed by atoms with Crippen molar-refractivity contribution in [2.24, 2.45) is 0 Å². The highest BCUT2D eigenvalue weighted by Gasteiger charge is 2.42. The molecule has 3 atom stereocenters. The molecule has 6 nitrogen and oxygen atoms in total. The third-order valence-electron chi connectivity index (χ3n) is 3.97. The fourth-order valence-electron chi connectivity index (χ4n) is 3.05. The van der Waals surface area contributed by atoms with Crippen molar-refractivity contribution in [2.45, 2.75) is 43.3 Å². The third-order valence-corrected chi connectivity index (χ3v) is 5.34. The molecule has 3 unspecified atom stereocenters. The second-order valence-corrected chi connectivity index (χ2v) is 7.35. The maximum Gasteiger partial charge on any atom is 0.335 e. The molecule has 0 aliphatic carbocycles. The summed E-state index contributed by atoms with van der Waals surface area (Å²) in [7, 11) is -3.51. The molecule has 2 bridgehead atoms. The normalized spacial score (nSPS) is 27.9. The van der Waals surface area contributed by atoms with E-state index >= 15 is 0 Å². The Morgan fingerprint density at radius 3 is 2.81 bits per heavy atom. The summed E-state index contributed by atoms with van der Waals surface area (Å²) in [6.45, 7) is 0. The molecular formula is C14H17NO5S. The molecule has 114 valence electrons. The molecule has 2 heterocycles. The Balaban J connectivity index is 1.68. The van der Waals surface area contributed by atoms with Crippen LogP contribution >= 0.6 is 0 Å². The number of aromatic carboxylic acids is 1. The number of hydrogen-bond acceptors (Lipinski definition) is 4. The smallest absolute Gasteiger partial charge is 0.335 e. The third kappa shape index (κ3) is 3.25. The van der Waals surface area contributed by atoms with E-state index in [1.807, 2.05) is 0 Å². The maximum absolute atomic E-state index is 12.2. The van der Waals surface area contributed by atoms with E-state index in [0.29, 0.717) is 5.56 Å². The monoisotopic (exact) mass is 311 g/mol. The van der Waals surface area contributed by atoms with Gasteiger partial charge in [-0.25, -0.2) is 17.9 Å². The Hall–Kier alpha value is -1.44. The van der Waals surface area contributed by atoms with Gasteiger partial charge in [-0.1, -0.05) is 12.1 Å². The summed E-state index contributed by atoms with van der Waals surface area (Å²) < 4.78 is 32.7. The van der Waals surface area contributed by atoms with Crippen molar-refractivity contribution in [2.75, 3.05) is 0 Å². The summed E-state index contributed by atoms with van der Waals surface area (Å²) in [4.78, 5) is 10.9. The van der Waals surface area contributed by atoms with E-state index in [1.165, 1.54) is 12.1 Å². The maximum atomic E-state index is 12.2. The Morgan fingerprint density at radius 2 is 2.19 bits per heavy atom. The molecule has 0 aromatic heterocycles. The topological polar surface area (TPSA) is 92.7 Å². The number of rotatable bonds is 5. The summed E-state index contributed by atoms with van der Waals surface area (Å²) in [5.74, 6) is -1.29. The lowest BCUT2D eigenvalue weighted by Crippen LogP contribution is -2.41. The molecule has 2 aliphatic rings. The number of sulfonamides is 1. The van der Waals surface area contributed by atoms with Gasteiger partial charge in [0.1, 0.15) is 0 Å². The molecule has 21 heavy (non-hydrogen) atoms. The van der Waals surface area contributed by atoms with Gasteiger partial charge in [-0.15, -0.1) is 0 Å². The molecule has 2 aliphatic heterocycles. The van der Waals surface area contributed by atoms with Gasteiger partial charge < -0.3 is 9.84 Å². The lowest BCUT2D eigenvalue weighted by atomic mass is 9.96. The Labute approximate surface area is 123 Å². The van der Waals surface area contributed by atoms with Gasteiger partial charge >= 0.3 is 5.97 Å². The fraction of sp³-hybridized carbons (Fsp3) is 0.500. The highest BCUT2D eigenvalue weighted by Crippen LogP contribution is 2.34. The summed E-state index contributed by atoms with van der Waals surface area (Å²) in [5, 5.41) is 8.93. The molecule has 7 heteroatoms. The highest BCUT2D eigenvalue weighted by atomic mass is 32.2. The van der Waals surface area contributed by atoms with Gasteiger partial charge in [0.05, 0.1) is 29.6 Å². The summed E-state index contributed by atoms with van der Waals surface area (Å²) in [6, 6.07) is 5.84. The van der Waals surface area contributed by atoms with E-state index in [1.54, 1.807) is 12.1 Å². The van der Waals surface area contributed by atoms with Crippen LogP contribution in [0.4, 0.5) is 0 Å². The number of ether oxygens (including phenoxy) is 1. The Kier molecular flexibility index (Phi) is 3.73. The lowest BCUT2D eigenvalue weighted by molar-refractivity contribution is 0.0696. The quantitative estimate of drug-likeness (QED) is 0.850. The van der Waals surface area contributed by atoms with Gasteiger partial charge in [-0.2, -0.15) is 0 Å². The minimum atomic E-state index is -3.51. The average molecular weight is 311 g/mol. The number of nitrogens with one attached hydrogen (secondary N) is 1. The molecule has 0 radical (unpaired) electrons. The minimum Gasteiger partial charge on any atom is -0.478 e. The fourth-order valence-corrected chi connectivity index (χ4v) is 4.46. The van der Waals surface area contributed by atoms with Gasteiger partial charge in [-0.3, -0.25) is 0 Å². The summed E-state index contributed by atoms with van der Waals surface area (Å²) >= 11 is 0. The van der Waals surface area contributed by atoms with E-state index in [0.717, 1.165) is 19.3 Å². The van der Waals surface area contributed by atoms with Crippen molar-refractivity contribution in [3.63, 3.8) is 0 Å². The molecule has 1 aromatic carbocycles. The molecule has 2 saturated heterocycles. The van der Waals surface area contributed by atoms with Gasteiger partial charge in [0, 0.05) is 0 Å².